The van der Waals surface area contributed by atoms with Crippen molar-refractivity contribution in [2.24, 2.45) is 0 Å². The number of hydrogen-bond donors (Lipinski definition) is 3. The van der Waals surface area contributed by atoms with Crippen molar-refractivity contribution in [1.82, 2.24) is 9.97 Å². The van der Waals surface area contributed by atoms with Crippen LogP contribution in [-0.2, 0) is 0 Å². The van der Waals surface area contributed by atoms with Gasteiger partial charge in [0, 0.05) is 12.5 Å². The van der Waals surface area contributed by atoms with Crippen molar-refractivity contribution in [1.29, 1.82) is 0 Å². The molecule has 0 saturated heterocycles. The molecule has 0 aliphatic heterocycles. The zero-order chi connectivity index (χ0) is 12.3. The molecule has 0 radical (unpaired) electrons. The maximum Gasteiger partial charge on any atom is 0.157 e. The molecule has 0 aliphatic carbocycles. The first-order chi connectivity index (χ1) is 7.41. The number of anilines is 2. The Hall–Kier alpha value is -1.07. The van der Waals surface area contributed by atoms with Crippen LogP contribution in [0.2, 0.25) is 5.15 Å². The summed E-state index contributed by atoms with van der Waals surface area (Å²) in [4.78, 5) is 8.35. The van der Waals surface area contributed by atoms with Gasteiger partial charge in [-0.25, -0.2) is 9.97 Å². The van der Waals surface area contributed by atoms with Crippen molar-refractivity contribution in [3.05, 3.63) is 11.0 Å². The summed E-state index contributed by atoms with van der Waals surface area (Å²) in [5, 5.41) is 12.4. The fraction of sp³-hybridized carbons (Fsp3) is 0.600. The molecule has 16 heavy (non-hydrogen) atoms. The van der Waals surface area contributed by atoms with Crippen LogP contribution in [0.1, 0.15) is 32.5 Å². The average Bonchev–Trinajstić information content (AvgIpc) is 2.19. The lowest BCUT2D eigenvalue weighted by Crippen LogP contribution is -2.18. The third-order valence-corrected chi connectivity index (χ3v) is 2.29. The van der Waals surface area contributed by atoms with E-state index in [0.29, 0.717) is 23.9 Å². The highest BCUT2D eigenvalue weighted by atomic mass is 35.5. The Morgan fingerprint density at radius 1 is 1.38 bits per heavy atom. The number of rotatable bonds is 4. The topological polar surface area (TPSA) is 84.1 Å². The first-order valence-corrected chi connectivity index (χ1v) is 5.54. The van der Waals surface area contributed by atoms with E-state index in [1.165, 1.54) is 0 Å². The Morgan fingerprint density at radius 2 is 2.00 bits per heavy atom. The Balaban J connectivity index is 2.97. The molecule has 1 rings (SSSR count). The summed E-state index contributed by atoms with van der Waals surface area (Å²) in [5.74, 6) is 1.28. The van der Waals surface area contributed by atoms with Crippen molar-refractivity contribution in [3.63, 3.8) is 0 Å². The third kappa shape index (κ3) is 3.21. The first-order valence-electron chi connectivity index (χ1n) is 5.16. The number of halogens is 1. The highest BCUT2D eigenvalue weighted by Gasteiger charge is 2.12. The lowest BCUT2D eigenvalue weighted by molar-refractivity contribution is 0.208. The second-order valence-electron chi connectivity index (χ2n) is 4.02. The summed E-state index contributed by atoms with van der Waals surface area (Å²) < 4.78 is 0. The molecule has 1 aromatic rings. The first kappa shape index (κ1) is 13.0. The van der Waals surface area contributed by atoms with E-state index in [2.05, 4.69) is 15.3 Å². The number of nitrogens with two attached hydrogens (primary N) is 1. The van der Waals surface area contributed by atoms with Gasteiger partial charge in [-0.05, 0) is 6.92 Å². The molecule has 0 fully saturated rings. The van der Waals surface area contributed by atoms with Gasteiger partial charge in [0.1, 0.15) is 11.5 Å². The van der Waals surface area contributed by atoms with E-state index in [0.717, 1.165) is 0 Å². The Bertz CT molecular complexity index is 368. The van der Waals surface area contributed by atoms with E-state index in [1.807, 2.05) is 13.8 Å². The van der Waals surface area contributed by atoms with Crippen molar-refractivity contribution < 1.29 is 5.11 Å². The van der Waals surface area contributed by atoms with Gasteiger partial charge in [-0.3, -0.25) is 0 Å². The van der Waals surface area contributed by atoms with Gasteiger partial charge >= 0.3 is 0 Å². The maximum absolute atomic E-state index is 9.17. The lowest BCUT2D eigenvalue weighted by Gasteiger charge is -2.13. The summed E-state index contributed by atoms with van der Waals surface area (Å²) in [6, 6.07) is 0. The van der Waals surface area contributed by atoms with E-state index in [-0.39, 0.29) is 11.1 Å². The standard InChI is InChI=1S/C10H17ClN4O/c1-5(2)9-14-8(11)7(12)10(15-9)13-4-6(3)16/h5-6,16H,4,12H2,1-3H3,(H,13,14,15). The highest BCUT2D eigenvalue weighted by Crippen LogP contribution is 2.25. The monoisotopic (exact) mass is 244 g/mol. The van der Waals surface area contributed by atoms with Crippen molar-refractivity contribution in [2.45, 2.75) is 32.8 Å². The molecule has 0 spiro atoms. The zero-order valence-electron chi connectivity index (χ0n) is 9.66. The quantitative estimate of drug-likeness (QED) is 0.701. The fourth-order valence-electron chi connectivity index (χ4n) is 1.10. The lowest BCUT2D eigenvalue weighted by atomic mass is 10.2. The molecular formula is C10H17ClN4O. The molecule has 1 unspecified atom stereocenters. The second-order valence-corrected chi connectivity index (χ2v) is 4.38. The largest absolute Gasteiger partial charge is 0.393 e. The molecule has 1 atom stereocenters. The van der Waals surface area contributed by atoms with Gasteiger partial charge in [0.15, 0.2) is 11.0 Å². The minimum absolute atomic E-state index is 0.171. The number of aromatic nitrogens is 2. The van der Waals surface area contributed by atoms with E-state index in [1.54, 1.807) is 6.92 Å². The van der Waals surface area contributed by atoms with Crippen LogP contribution in [0.25, 0.3) is 0 Å². The van der Waals surface area contributed by atoms with Crippen LogP contribution >= 0.6 is 11.6 Å². The SMILES string of the molecule is CC(O)CNc1nc(C(C)C)nc(Cl)c1N. The zero-order valence-corrected chi connectivity index (χ0v) is 10.4. The van der Waals surface area contributed by atoms with Crippen LogP contribution in [-0.4, -0.2) is 27.7 Å². The normalized spacial score (nSPS) is 12.9. The predicted molar refractivity (Wildman–Crippen MR) is 65.7 cm³/mol. The Kier molecular flexibility index (Phi) is 4.32. The van der Waals surface area contributed by atoms with Crippen LogP contribution < -0.4 is 11.1 Å². The molecule has 0 aliphatic rings. The van der Waals surface area contributed by atoms with Gasteiger partial charge in [0.05, 0.1) is 6.10 Å². The summed E-state index contributed by atoms with van der Waals surface area (Å²) in [6.07, 6.45) is -0.476. The fourth-order valence-corrected chi connectivity index (χ4v) is 1.27. The molecule has 1 aromatic heterocycles. The van der Waals surface area contributed by atoms with Gasteiger partial charge in [-0.1, -0.05) is 25.4 Å². The number of aliphatic hydroxyl groups excluding tert-OH is 1. The number of hydrogen-bond acceptors (Lipinski definition) is 5. The molecule has 0 amide bonds. The Morgan fingerprint density at radius 3 is 2.50 bits per heavy atom. The molecule has 1 heterocycles. The molecular weight excluding hydrogens is 228 g/mol. The van der Waals surface area contributed by atoms with Crippen molar-refractivity contribution in [2.75, 3.05) is 17.6 Å². The predicted octanol–water partition coefficient (Wildman–Crippen LogP) is 1.63. The van der Waals surface area contributed by atoms with E-state index in [4.69, 9.17) is 17.3 Å². The summed E-state index contributed by atoms with van der Waals surface area (Å²) >= 11 is 5.90. The van der Waals surface area contributed by atoms with Gasteiger partial charge in [-0.2, -0.15) is 0 Å². The van der Waals surface area contributed by atoms with Crippen LogP contribution in [0.15, 0.2) is 0 Å². The van der Waals surface area contributed by atoms with Crippen LogP contribution in [0.3, 0.4) is 0 Å². The number of aliphatic hydroxyl groups is 1. The molecule has 0 saturated carbocycles. The van der Waals surface area contributed by atoms with E-state index in [9.17, 15) is 5.11 Å². The number of nitrogen functional groups attached to an aromatic ring is 1. The molecule has 0 aromatic carbocycles. The van der Waals surface area contributed by atoms with Gasteiger partial charge in [-0.15, -0.1) is 0 Å². The number of nitrogens with one attached hydrogen (secondary N) is 1. The average molecular weight is 245 g/mol. The number of nitrogens with zero attached hydrogens (tertiary/aromatic N) is 2. The minimum atomic E-state index is -0.476. The van der Waals surface area contributed by atoms with Gasteiger partial charge in [0.2, 0.25) is 0 Å². The summed E-state index contributed by atoms with van der Waals surface area (Å²) in [7, 11) is 0. The Labute approximate surface area is 100 Å². The van der Waals surface area contributed by atoms with Gasteiger partial charge < -0.3 is 16.2 Å². The van der Waals surface area contributed by atoms with Gasteiger partial charge in [0.25, 0.3) is 0 Å². The van der Waals surface area contributed by atoms with E-state index < -0.39 is 6.10 Å². The highest BCUT2D eigenvalue weighted by molar-refractivity contribution is 6.32. The summed E-state index contributed by atoms with van der Waals surface area (Å²) in [5.41, 5.74) is 6.05. The molecule has 6 heteroatoms. The minimum Gasteiger partial charge on any atom is -0.393 e. The molecule has 4 N–H and O–H groups in total. The van der Waals surface area contributed by atoms with Crippen LogP contribution in [0.4, 0.5) is 11.5 Å². The molecule has 5 nitrogen and oxygen atoms in total. The van der Waals surface area contributed by atoms with Crippen molar-refractivity contribution >= 4 is 23.1 Å². The van der Waals surface area contributed by atoms with Crippen LogP contribution in [0.5, 0.6) is 0 Å². The summed E-state index contributed by atoms with van der Waals surface area (Å²) in [6.45, 7) is 5.99. The molecule has 0 bridgehead atoms. The maximum atomic E-state index is 9.17. The van der Waals surface area contributed by atoms with Crippen molar-refractivity contribution in [3.8, 4) is 0 Å². The third-order valence-electron chi connectivity index (χ3n) is 2.00. The van der Waals surface area contributed by atoms with E-state index >= 15 is 0 Å². The molecule has 90 valence electrons. The van der Waals surface area contributed by atoms with Crippen LogP contribution in [0, 0.1) is 0 Å². The smallest absolute Gasteiger partial charge is 0.157 e. The second kappa shape index (κ2) is 5.32.